The number of benzene rings is 2. The number of fused-ring (bicyclic) bond motifs is 2. The molecule has 2 aliphatic heterocycles. The van der Waals surface area contributed by atoms with Gasteiger partial charge in [0.2, 0.25) is 0 Å². The van der Waals surface area contributed by atoms with Crippen LogP contribution in [-0.2, 0) is 13.0 Å². The summed E-state index contributed by atoms with van der Waals surface area (Å²) < 4.78 is 1.93. The first-order valence-electron chi connectivity index (χ1n) is 9.09. The zero-order chi connectivity index (χ0) is 19.8. The van der Waals surface area contributed by atoms with Gasteiger partial charge < -0.3 is 4.57 Å². The average molecular weight is 395 g/mol. The highest BCUT2D eigenvalue weighted by Crippen LogP contribution is 2.25. The number of hydrogen-bond donors (Lipinski definition) is 1. The molecule has 2 heterocycles. The fraction of sp³-hybridized carbons (Fsp3) is 0.238. The summed E-state index contributed by atoms with van der Waals surface area (Å²) in [6.45, 7) is 4.60. The molecule has 0 radical (unpaired) electrons. The number of halogens is 1. The van der Waals surface area contributed by atoms with Gasteiger partial charge in [0.25, 0.3) is 5.56 Å². The van der Waals surface area contributed by atoms with Gasteiger partial charge in [-0.2, -0.15) is 4.98 Å². The molecule has 0 saturated heterocycles. The van der Waals surface area contributed by atoms with Gasteiger partial charge in [0.1, 0.15) is 0 Å². The molecule has 0 spiro atoms. The van der Waals surface area contributed by atoms with E-state index < -0.39 is 11.2 Å². The van der Waals surface area contributed by atoms with Crippen molar-refractivity contribution in [1.82, 2.24) is 19.5 Å². The Morgan fingerprint density at radius 2 is 1.79 bits per heavy atom. The number of H-pyrrole nitrogens is 1. The van der Waals surface area contributed by atoms with Gasteiger partial charge in [-0.05, 0) is 61.6 Å². The van der Waals surface area contributed by atoms with Crippen LogP contribution < -0.4 is 11.2 Å². The molecule has 0 bridgehead atoms. The number of aromatic nitrogens is 4. The number of aryl methyl sites for hydroxylation is 4. The topological polar surface area (TPSA) is 80.6 Å². The highest BCUT2D eigenvalue weighted by molar-refractivity contribution is 6.30. The summed E-state index contributed by atoms with van der Waals surface area (Å²) in [5, 5.41) is 0.710. The number of hydrogen-bond acceptors (Lipinski definition) is 4. The van der Waals surface area contributed by atoms with E-state index in [0.29, 0.717) is 17.4 Å². The normalized spacial score (nSPS) is 11.4. The van der Waals surface area contributed by atoms with Crippen LogP contribution in [0.5, 0.6) is 0 Å². The van der Waals surface area contributed by atoms with E-state index in [1.807, 2.05) is 54.8 Å². The molecular weight excluding hydrogens is 376 g/mol. The fourth-order valence-corrected chi connectivity index (χ4v) is 3.54. The van der Waals surface area contributed by atoms with Gasteiger partial charge in [0.15, 0.2) is 11.5 Å². The summed E-state index contributed by atoms with van der Waals surface area (Å²) in [6.07, 6.45) is 1.66. The molecule has 6 nitrogen and oxygen atoms in total. The standard InChI is InChI=1S/C21H19ClN4O2/c1-12-5-10-16-17(13(12)2)23-18-19(24-21(28)25-20(18)27)26(16)11-3-4-14-6-8-15(22)9-7-14/h5-10H,3-4,11H2,1-2H3,(H,25,27,28). The van der Waals surface area contributed by atoms with Crippen molar-refractivity contribution in [3.8, 4) is 11.5 Å². The number of nitrogens with one attached hydrogen (secondary N) is 1. The molecule has 2 aliphatic rings. The zero-order valence-corrected chi connectivity index (χ0v) is 16.4. The molecule has 0 aliphatic carbocycles. The van der Waals surface area contributed by atoms with Crippen molar-refractivity contribution < 1.29 is 0 Å². The van der Waals surface area contributed by atoms with Crippen LogP contribution in [0.15, 0.2) is 46.0 Å². The smallest absolute Gasteiger partial charge is 0.322 e. The van der Waals surface area contributed by atoms with E-state index >= 15 is 0 Å². The quantitative estimate of drug-likeness (QED) is 0.537. The first-order valence-corrected chi connectivity index (χ1v) is 9.47. The van der Waals surface area contributed by atoms with Gasteiger partial charge in [-0.15, -0.1) is 0 Å². The summed E-state index contributed by atoms with van der Waals surface area (Å²) >= 11 is 5.95. The average Bonchev–Trinajstić information content (AvgIpc) is 2.66. The molecule has 1 N–H and O–H groups in total. The van der Waals surface area contributed by atoms with Crippen molar-refractivity contribution in [3.05, 3.63) is 78.9 Å². The van der Waals surface area contributed by atoms with Crippen molar-refractivity contribution in [2.24, 2.45) is 0 Å². The maximum Gasteiger partial charge on any atom is 0.349 e. The lowest BCUT2D eigenvalue weighted by Crippen LogP contribution is -2.29. The lowest BCUT2D eigenvalue weighted by molar-refractivity contribution is 0.648. The maximum atomic E-state index is 12.3. The van der Waals surface area contributed by atoms with Crippen molar-refractivity contribution >= 4 is 22.6 Å². The van der Waals surface area contributed by atoms with Crippen molar-refractivity contribution in [2.75, 3.05) is 0 Å². The number of aromatic amines is 1. The number of nitrogens with zero attached hydrogens (tertiary/aromatic N) is 3. The Kier molecular flexibility index (Phi) is 4.73. The third-order valence-corrected chi connectivity index (χ3v) is 5.32. The minimum absolute atomic E-state index is 0.187. The van der Waals surface area contributed by atoms with E-state index in [9.17, 15) is 9.59 Å². The van der Waals surface area contributed by atoms with Crippen LogP contribution in [0.25, 0.3) is 22.6 Å². The molecule has 0 fully saturated rings. The van der Waals surface area contributed by atoms with Gasteiger partial charge in [0, 0.05) is 11.6 Å². The van der Waals surface area contributed by atoms with E-state index in [0.717, 1.165) is 35.0 Å². The summed E-state index contributed by atoms with van der Waals surface area (Å²) in [7, 11) is 0. The Morgan fingerprint density at radius 1 is 1.04 bits per heavy atom. The highest BCUT2D eigenvalue weighted by Gasteiger charge is 2.19. The molecule has 2 aromatic rings. The minimum atomic E-state index is -0.658. The Balaban J connectivity index is 1.81. The molecule has 0 saturated carbocycles. The van der Waals surface area contributed by atoms with Crippen LogP contribution in [0, 0.1) is 13.8 Å². The van der Waals surface area contributed by atoms with Crippen LogP contribution in [0.3, 0.4) is 0 Å². The molecular formula is C21H19ClN4O2. The first kappa shape index (κ1) is 18.4. The van der Waals surface area contributed by atoms with E-state index in [-0.39, 0.29) is 5.69 Å². The molecule has 0 unspecified atom stereocenters. The van der Waals surface area contributed by atoms with Crippen LogP contribution in [0.1, 0.15) is 23.1 Å². The summed E-state index contributed by atoms with van der Waals surface area (Å²) in [6, 6.07) is 11.7. The SMILES string of the molecule is Cc1ccc2c(nc3c(=O)[nH]c(=O)nc-3n2CCCc2ccc(Cl)cc2)c1C. The molecule has 2 aromatic carbocycles. The van der Waals surface area contributed by atoms with Crippen LogP contribution in [0.4, 0.5) is 0 Å². The number of rotatable bonds is 4. The van der Waals surface area contributed by atoms with Crippen LogP contribution in [0.2, 0.25) is 5.02 Å². The minimum Gasteiger partial charge on any atom is -0.322 e. The van der Waals surface area contributed by atoms with Crippen molar-refractivity contribution in [3.63, 3.8) is 0 Å². The highest BCUT2D eigenvalue weighted by atomic mass is 35.5. The van der Waals surface area contributed by atoms with Crippen LogP contribution in [-0.4, -0.2) is 19.5 Å². The molecule has 0 atom stereocenters. The predicted octanol–water partition coefficient (Wildman–Crippen LogP) is 3.49. The Morgan fingerprint density at radius 3 is 2.54 bits per heavy atom. The van der Waals surface area contributed by atoms with Crippen molar-refractivity contribution in [2.45, 2.75) is 33.2 Å². The molecule has 0 amide bonds. The van der Waals surface area contributed by atoms with Gasteiger partial charge in [-0.3, -0.25) is 9.78 Å². The fourth-order valence-electron chi connectivity index (χ4n) is 3.41. The van der Waals surface area contributed by atoms with E-state index in [4.69, 9.17) is 11.6 Å². The van der Waals surface area contributed by atoms with Gasteiger partial charge in [-0.1, -0.05) is 29.8 Å². The largest absolute Gasteiger partial charge is 0.349 e. The van der Waals surface area contributed by atoms with Crippen LogP contribution >= 0.6 is 11.6 Å². The molecule has 4 rings (SSSR count). The third-order valence-electron chi connectivity index (χ3n) is 5.07. The lowest BCUT2D eigenvalue weighted by Gasteiger charge is -2.18. The van der Waals surface area contributed by atoms with E-state index in [1.165, 1.54) is 5.56 Å². The molecule has 28 heavy (non-hydrogen) atoms. The second-order valence-electron chi connectivity index (χ2n) is 6.91. The monoisotopic (exact) mass is 394 g/mol. The molecule has 142 valence electrons. The Bertz CT molecular complexity index is 1260. The molecule has 0 aromatic heterocycles. The summed E-state index contributed by atoms with van der Waals surface area (Å²) in [5.74, 6) is 0.320. The Labute approximate surface area is 166 Å². The van der Waals surface area contributed by atoms with Gasteiger partial charge >= 0.3 is 5.69 Å². The van der Waals surface area contributed by atoms with Gasteiger partial charge in [0.05, 0.1) is 11.0 Å². The predicted molar refractivity (Wildman–Crippen MR) is 110 cm³/mol. The summed E-state index contributed by atoms with van der Waals surface area (Å²) in [4.78, 5) is 35.0. The Hall–Kier alpha value is -2.99. The van der Waals surface area contributed by atoms with E-state index in [2.05, 4.69) is 15.0 Å². The third kappa shape index (κ3) is 3.31. The molecule has 7 heteroatoms. The second-order valence-corrected chi connectivity index (χ2v) is 7.35. The van der Waals surface area contributed by atoms with Gasteiger partial charge in [-0.25, -0.2) is 9.78 Å². The van der Waals surface area contributed by atoms with Crippen molar-refractivity contribution in [1.29, 1.82) is 0 Å². The summed E-state index contributed by atoms with van der Waals surface area (Å²) in [5.41, 5.74) is 3.92. The lowest BCUT2D eigenvalue weighted by atomic mass is 10.1. The van der Waals surface area contributed by atoms with E-state index in [1.54, 1.807) is 0 Å². The second kappa shape index (κ2) is 7.20. The zero-order valence-electron chi connectivity index (χ0n) is 15.6. The first-order chi connectivity index (χ1) is 13.4. The maximum absolute atomic E-state index is 12.3.